The second kappa shape index (κ2) is 8.60. The predicted octanol–water partition coefficient (Wildman–Crippen LogP) is 3.13. The highest BCUT2D eigenvalue weighted by atomic mass is 35.5. The van der Waals surface area contributed by atoms with Crippen molar-refractivity contribution in [3.05, 3.63) is 45.6 Å². The Morgan fingerprint density at radius 3 is 2.89 bits per heavy atom. The number of thiophene rings is 1. The highest BCUT2D eigenvalue weighted by Gasteiger charge is 2.33. The van der Waals surface area contributed by atoms with Crippen LogP contribution >= 0.6 is 22.9 Å². The number of carbonyl (C=O) groups is 1. The van der Waals surface area contributed by atoms with E-state index in [1.165, 1.54) is 29.6 Å². The number of amides is 1. The molecule has 1 aromatic carbocycles. The topological polar surface area (TPSA) is 75.7 Å². The third-order valence-electron chi connectivity index (χ3n) is 4.53. The fourth-order valence-electron chi connectivity index (χ4n) is 3.06. The smallest absolute Gasteiger partial charge is 0.243 e. The molecule has 1 atom stereocenters. The van der Waals surface area contributed by atoms with E-state index in [9.17, 15) is 13.2 Å². The van der Waals surface area contributed by atoms with Crippen molar-refractivity contribution in [1.29, 1.82) is 0 Å². The van der Waals surface area contributed by atoms with Crippen LogP contribution in [0.4, 0.5) is 0 Å². The molecule has 6 nitrogen and oxygen atoms in total. The Bertz CT molecular complexity index is 900. The van der Waals surface area contributed by atoms with Gasteiger partial charge in [-0.2, -0.15) is 4.31 Å². The molecule has 1 unspecified atom stereocenters. The van der Waals surface area contributed by atoms with Crippen molar-refractivity contribution >= 4 is 38.9 Å². The lowest BCUT2D eigenvalue weighted by Gasteiger charge is -2.31. The molecule has 0 saturated carbocycles. The van der Waals surface area contributed by atoms with Gasteiger partial charge in [0.1, 0.15) is 5.75 Å². The lowest BCUT2D eigenvalue weighted by atomic mass is 9.99. The minimum atomic E-state index is -3.72. The third kappa shape index (κ3) is 4.63. The Kier molecular flexibility index (Phi) is 6.41. The number of hydrogen-bond donors (Lipinski definition) is 1. The van der Waals surface area contributed by atoms with Gasteiger partial charge < -0.3 is 10.1 Å². The van der Waals surface area contributed by atoms with Crippen LogP contribution in [0, 0.1) is 5.92 Å². The van der Waals surface area contributed by atoms with Gasteiger partial charge in [0.15, 0.2) is 0 Å². The molecule has 1 saturated heterocycles. The number of carbonyl (C=O) groups excluding carboxylic acids is 1. The highest BCUT2D eigenvalue weighted by molar-refractivity contribution is 7.89. The van der Waals surface area contributed by atoms with Crippen LogP contribution in [0.3, 0.4) is 0 Å². The van der Waals surface area contributed by atoms with Gasteiger partial charge in [-0.15, -0.1) is 11.3 Å². The zero-order valence-corrected chi connectivity index (χ0v) is 17.2. The SMILES string of the molecule is COc1ccc(S(=O)(=O)N2CCCC(C(=O)NCc3cccs3)C2)cc1Cl. The summed E-state index contributed by atoms with van der Waals surface area (Å²) in [6.45, 7) is 1.02. The summed E-state index contributed by atoms with van der Waals surface area (Å²) >= 11 is 7.65. The van der Waals surface area contributed by atoms with Crippen molar-refractivity contribution in [3.63, 3.8) is 0 Å². The van der Waals surface area contributed by atoms with E-state index in [4.69, 9.17) is 16.3 Å². The van der Waals surface area contributed by atoms with E-state index in [2.05, 4.69) is 5.32 Å². The van der Waals surface area contributed by atoms with Crippen molar-refractivity contribution in [2.24, 2.45) is 5.92 Å². The van der Waals surface area contributed by atoms with E-state index >= 15 is 0 Å². The Balaban J connectivity index is 1.69. The van der Waals surface area contributed by atoms with E-state index in [0.717, 1.165) is 4.88 Å². The maximum absolute atomic E-state index is 12.9. The molecule has 0 aliphatic carbocycles. The Hall–Kier alpha value is -1.61. The van der Waals surface area contributed by atoms with Gasteiger partial charge in [0.05, 0.1) is 29.5 Å². The summed E-state index contributed by atoms with van der Waals surface area (Å²) < 4.78 is 32.3. The van der Waals surface area contributed by atoms with Crippen molar-refractivity contribution < 1.29 is 17.9 Å². The second-order valence-corrected chi connectivity index (χ2v) is 9.67. The number of sulfonamides is 1. The van der Waals surface area contributed by atoms with E-state index in [1.54, 1.807) is 11.3 Å². The number of benzene rings is 1. The van der Waals surface area contributed by atoms with Crippen LogP contribution < -0.4 is 10.1 Å². The van der Waals surface area contributed by atoms with Crippen molar-refractivity contribution in [3.8, 4) is 5.75 Å². The summed E-state index contributed by atoms with van der Waals surface area (Å²) in [6.07, 6.45) is 1.31. The van der Waals surface area contributed by atoms with Gasteiger partial charge in [-0.1, -0.05) is 17.7 Å². The number of hydrogen-bond acceptors (Lipinski definition) is 5. The summed E-state index contributed by atoms with van der Waals surface area (Å²) in [5.41, 5.74) is 0. The molecule has 1 aliphatic heterocycles. The van der Waals surface area contributed by atoms with E-state index in [0.29, 0.717) is 31.7 Å². The van der Waals surface area contributed by atoms with Crippen molar-refractivity contribution in [2.45, 2.75) is 24.3 Å². The summed E-state index contributed by atoms with van der Waals surface area (Å²) in [6, 6.07) is 8.28. The number of halogens is 1. The first-order valence-electron chi connectivity index (χ1n) is 8.55. The predicted molar refractivity (Wildman–Crippen MR) is 106 cm³/mol. The molecule has 9 heteroatoms. The van der Waals surface area contributed by atoms with Crippen LogP contribution in [-0.2, 0) is 21.4 Å². The molecule has 1 aliphatic rings. The van der Waals surface area contributed by atoms with Gasteiger partial charge in [0.2, 0.25) is 15.9 Å². The number of ether oxygens (including phenoxy) is 1. The molecule has 146 valence electrons. The number of nitrogens with one attached hydrogen (secondary N) is 1. The molecule has 0 bridgehead atoms. The molecule has 2 aromatic rings. The molecule has 27 heavy (non-hydrogen) atoms. The minimum absolute atomic E-state index is 0.105. The zero-order valence-electron chi connectivity index (χ0n) is 14.9. The fourth-order valence-corrected chi connectivity index (χ4v) is 5.58. The number of rotatable bonds is 6. The Morgan fingerprint density at radius 1 is 1.41 bits per heavy atom. The van der Waals surface area contributed by atoms with Crippen LogP contribution in [0.5, 0.6) is 5.75 Å². The number of nitrogens with zero attached hydrogens (tertiary/aromatic N) is 1. The minimum Gasteiger partial charge on any atom is -0.495 e. The monoisotopic (exact) mass is 428 g/mol. The summed E-state index contributed by atoms with van der Waals surface area (Å²) in [7, 11) is -2.25. The zero-order chi connectivity index (χ0) is 19.4. The summed E-state index contributed by atoms with van der Waals surface area (Å²) in [5, 5.41) is 5.09. The quantitative estimate of drug-likeness (QED) is 0.766. The second-order valence-electron chi connectivity index (χ2n) is 6.30. The standard InChI is InChI=1S/C18H21ClN2O4S2/c1-25-17-7-6-15(10-16(17)19)27(23,24)21-8-2-4-13(12-21)18(22)20-11-14-5-3-9-26-14/h3,5-7,9-10,13H,2,4,8,11-12H2,1H3,(H,20,22). The summed E-state index contributed by atoms with van der Waals surface area (Å²) in [5.74, 6) is -0.0571. The molecule has 1 fully saturated rings. The Labute approximate surface area is 168 Å². The van der Waals surface area contributed by atoms with Gasteiger partial charge in [0, 0.05) is 18.0 Å². The first-order chi connectivity index (χ1) is 12.9. The fraction of sp³-hybridized carbons (Fsp3) is 0.389. The van der Waals surface area contributed by atoms with Gasteiger partial charge in [-0.3, -0.25) is 4.79 Å². The van der Waals surface area contributed by atoms with Crippen molar-refractivity contribution in [1.82, 2.24) is 9.62 Å². The van der Waals surface area contributed by atoms with E-state index in [1.807, 2.05) is 17.5 Å². The van der Waals surface area contributed by atoms with Gasteiger partial charge in [-0.05, 0) is 42.5 Å². The van der Waals surface area contributed by atoms with Gasteiger partial charge >= 0.3 is 0 Å². The Morgan fingerprint density at radius 2 is 2.22 bits per heavy atom. The highest BCUT2D eigenvalue weighted by Crippen LogP contribution is 2.30. The average molecular weight is 429 g/mol. The summed E-state index contributed by atoms with van der Waals surface area (Å²) in [4.78, 5) is 13.6. The van der Waals surface area contributed by atoms with Crippen LogP contribution in [0.15, 0.2) is 40.6 Å². The van der Waals surface area contributed by atoms with E-state index in [-0.39, 0.29) is 28.3 Å². The maximum Gasteiger partial charge on any atom is 0.243 e. The lowest BCUT2D eigenvalue weighted by Crippen LogP contribution is -2.45. The van der Waals surface area contributed by atoms with Crippen LogP contribution in [-0.4, -0.2) is 38.8 Å². The van der Waals surface area contributed by atoms with Crippen molar-refractivity contribution in [2.75, 3.05) is 20.2 Å². The lowest BCUT2D eigenvalue weighted by molar-refractivity contribution is -0.126. The maximum atomic E-state index is 12.9. The molecule has 2 heterocycles. The third-order valence-corrected chi connectivity index (χ3v) is 7.57. The number of piperidine rings is 1. The molecule has 1 amide bonds. The molecular weight excluding hydrogens is 408 g/mol. The largest absolute Gasteiger partial charge is 0.495 e. The van der Waals surface area contributed by atoms with Gasteiger partial charge in [0.25, 0.3) is 0 Å². The normalized spacial score (nSPS) is 18.2. The molecule has 1 N–H and O–H groups in total. The first-order valence-corrected chi connectivity index (χ1v) is 11.3. The molecule has 0 spiro atoms. The van der Waals surface area contributed by atoms with E-state index < -0.39 is 10.0 Å². The molecule has 0 radical (unpaired) electrons. The van der Waals surface area contributed by atoms with Crippen LogP contribution in [0.1, 0.15) is 17.7 Å². The number of methoxy groups -OCH3 is 1. The average Bonchev–Trinajstić information content (AvgIpc) is 3.19. The molecular formula is C18H21ClN2O4S2. The molecule has 1 aromatic heterocycles. The van der Waals surface area contributed by atoms with Gasteiger partial charge in [-0.25, -0.2) is 8.42 Å². The van der Waals surface area contributed by atoms with Crippen LogP contribution in [0.25, 0.3) is 0 Å². The first kappa shape index (κ1) is 20.1. The molecule has 3 rings (SSSR count). The van der Waals surface area contributed by atoms with Crippen LogP contribution in [0.2, 0.25) is 5.02 Å².